The number of fused-ring (bicyclic) bond motifs is 3. The maximum Gasteiger partial charge on any atom is 0.219 e. The van der Waals surface area contributed by atoms with Gasteiger partial charge in [0.2, 0.25) is 5.91 Å². The molecule has 2 unspecified atom stereocenters. The molecule has 8 heteroatoms. The third-order valence-electron chi connectivity index (χ3n) is 6.39. The van der Waals surface area contributed by atoms with E-state index in [-0.39, 0.29) is 18.1 Å². The normalized spacial score (nSPS) is 18.6. The fourth-order valence-electron chi connectivity index (χ4n) is 4.77. The first-order valence-corrected chi connectivity index (χ1v) is 11.4. The zero-order chi connectivity index (χ0) is 22.7. The summed E-state index contributed by atoms with van der Waals surface area (Å²) >= 11 is 0. The lowest BCUT2D eigenvalue weighted by Crippen LogP contribution is -2.43. The Hall–Kier alpha value is -2.71. The van der Waals surface area contributed by atoms with Crippen LogP contribution in [0.2, 0.25) is 0 Å². The van der Waals surface area contributed by atoms with Gasteiger partial charge >= 0.3 is 0 Å². The largest absolute Gasteiger partial charge is 0.384 e. The molecule has 8 nitrogen and oxygen atoms in total. The number of amides is 1. The number of anilines is 1. The predicted octanol–water partition coefficient (Wildman–Crippen LogP) is 3.16. The average Bonchev–Trinajstić information content (AvgIpc) is 3.36. The van der Waals surface area contributed by atoms with Crippen LogP contribution in [0, 0.1) is 0 Å². The van der Waals surface area contributed by atoms with Crippen LogP contribution in [-0.4, -0.2) is 64.4 Å². The van der Waals surface area contributed by atoms with Gasteiger partial charge in [-0.05, 0) is 32.3 Å². The van der Waals surface area contributed by atoms with Crippen molar-refractivity contribution in [1.29, 1.82) is 0 Å². The lowest BCUT2D eigenvalue weighted by molar-refractivity contribution is -0.132. The van der Waals surface area contributed by atoms with Crippen molar-refractivity contribution in [2.75, 3.05) is 32.6 Å². The number of carbonyl (C=O) groups is 1. The Kier molecular flexibility index (Phi) is 6.91. The number of benzene rings is 1. The van der Waals surface area contributed by atoms with Crippen LogP contribution >= 0.6 is 0 Å². The second-order valence-electron chi connectivity index (χ2n) is 8.49. The molecule has 2 aromatic heterocycles. The zero-order valence-electron chi connectivity index (χ0n) is 19.2. The molecule has 2 N–H and O–H groups in total. The molecule has 1 aromatic carbocycles. The Morgan fingerprint density at radius 2 is 2.12 bits per heavy atom. The fourth-order valence-corrected chi connectivity index (χ4v) is 4.77. The second kappa shape index (κ2) is 9.83. The van der Waals surface area contributed by atoms with E-state index < -0.39 is 0 Å². The van der Waals surface area contributed by atoms with E-state index in [2.05, 4.69) is 22.5 Å². The Labute approximate surface area is 188 Å². The number of aryl methyl sites for hydroxylation is 1. The topological polar surface area (TPSA) is 95.5 Å². The van der Waals surface area contributed by atoms with Crippen LogP contribution in [0.3, 0.4) is 0 Å². The van der Waals surface area contributed by atoms with Gasteiger partial charge in [-0.1, -0.05) is 18.2 Å². The van der Waals surface area contributed by atoms with E-state index >= 15 is 0 Å². The third kappa shape index (κ3) is 4.42. The van der Waals surface area contributed by atoms with Crippen LogP contribution in [0.5, 0.6) is 0 Å². The number of unbranched alkanes of at least 4 members (excludes halogenated alkanes) is 1. The highest BCUT2D eigenvalue weighted by Gasteiger charge is 2.31. The van der Waals surface area contributed by atoms with E-state index in [0.717, 1.165) is 66.7 Å². The maximum atomic E-state index is 12.3. The molecule has 1 aliphatic rings. The standard InChI is InChI=1S/C24H33N5O3/c1-16-20(10-15-32-16)28(17(2)30)12-6-7-13-29-21(11-14-31-3)27-22-23(29)18-8-4-5-9-19(18)26-24(22)25/h4-5,8-9,16,20H,6-7,10-15H2,1-3H3,(H2,25,26). The Morgan fingerprint density at radius 1 is 1.31 bits per heavy atom. The summed E-state index contributed by atoms with van der Waals surface area (Å²) in [5, 5.41) is 1.05. The van der Waals surface area contributed by atoms with E-state index in [0.29, 0.717) is 18.8 Å². The first-order chi connectivity index (χ1) is 15.5. The van der Waals surface area contributed by atoms with Gasteiger partial charge in [0.1, 0.15) is 11.3 Å². The van der Waals surface area contributed by atoms with Crippen molar-refractivity contribution < 1.29 is 14.3 Å². The number of rotatable bonds is 9. The lowest BCUT2D eigenvalue weighted by Gasteiger charge is -2.30. The molecule has 0 bridgehead atoms. The third-order valence-corrected chi connectivity index (χ3v) is 6.39. The quantitative estimate of drug-likeness (QED) is 0.515. The molecular weight excluding hydrogens is 406 g/mol. The minimum Gasteiger partial charge on any atom is -0.384 e. The summed E-state index contributed by atoms with van der Waals surface area (Å²) < 4.78 is 13.2. The van der Waals surface area contributed by atoms with Gasteiger partial charge < -0.3 is 24.7 Å². The van der Waals surface area contributed by atoms with E-state index in [4.69, 9.17) is 20.2 Å². The van der Waals surface area contributed by atoms with Crippen molar-refractivity contribution in [3.8, 4) is 0 Å². The Balaban J connectivity index is 1.56. The van der Waals surface area contributed by atoms with Gasteiger partial charge in [0, 0.05) is 45.5 Å². The number of pyridine rings is 1. The van der Waals surface area contributed by atoms with Gasteiger partial charge in [-0.3, -0.25) is 4.79 Å². The number of hydrogen-bond acceptors (Lipinski definition) is 6. The molecule has 3 heterocycles. The molecule has 172 valence electrons. The number of nitrogen functional groups attached to an aromatic ring is 1. The molecule has 32 heavy (non-hydrogen) atoms. The number of carbonyl (C=O) groups excluding carboxylic acids is 1. The van der Waals surface area contributed by atoms with Crippen molar-refractivity contribution >= 4 is 33.7 Å². The van der Waals surface area contributed by atoms with Gasteiger partial charge in [0.05, 0.1) is 29.8 Å². The van der Waals surface area contributed by atoms with Crippen LogP contribution in [0.4, 0.5) is 5.82 Å². The van der Waals surface area contributed by atoms with Crippen LogP contribution in [0.25, 0.3) is 21.9 Å². The van der Waals surface area contributed by atoms with Crippen molar-refractivity contribution in [3.63, 3.8) is 0 Å². The summed E-state index contributed by atoms with van der Waals surface area (Å²) in [5.41, 5.74) is 8.92. The molecule has 0 aliphatic carbocycles. The number of ether oxygens (including phenoxy) is 2. The van der Waals surface area contributed by atoms with Crippen LogP contribution in [-0.2, 0) is 27.2 Å². The molecule has 1 fully saturated rings. The molecule has 0 spiro atoms. The van der Waals surface area contributed by atoms with Crippen molar-refractivity contribution in [3.05, 3.63) is 30.1 Å². The lowest BCUT2D eigenvalue weighted by atomic mass is 10.1. The van der Waals surface area contributed by atoms with E-state index in [1.54, 1.807) is 14.0 Å². The van der Waals surface area contributed by atoms with E-state index in [1.807, 2.05) is 23.1 Å². The molecule has 0 saturated carbocycles. The fraction of sp³-hybridized carbons (Fsp3) is 0.542. The van der Waals surface area contributed by atoms with E-state index in [9.17, 15) is 4.79 Å². The van der Waals surface area contributed by atoms with Crippen LogP contribution in [0.1, 0.15) is 38.9 Å². The zero-order valence-corrected chi connectivity index (χ0v) is 19.2. The summed E-state index contributed by atoms with van der Waals surface area (Å²) in [7, 11) is 1.70. The summed E-state index contributed by atoms with van der Waals surface area (Å²) in [5.74, 6) is 1.52. The maximum absolute atomic E-state index is 12.3. The number of aromatic nitrogens is 3. The second-order valence-corrected chi connectivity index (χ2v) is 8.49. The molecule has 2 atom stereocenters. The van der Waals surface area contributed by atoms with Crippen LogP contribution < -0.4 is 5.73 Å². The number of hydrogen-bond donors (Lipinski definition) is 1. The average molecular weight is 440 g/mol. The number of nitrogens with zero attached hydrogens (tertiary/aromatic N) is 4. The highest BCUT2D eigenvalue weighted by Crippen LogP contribution is 2.29. The number of imidazole rings is 1. The Bertz CT molecular complexity index is 1100. The van der Waals surface area contributed by atoms with Crippen LogP contribution in [0.15, 0.2) is 24.3 Å². The number of para-hydroxylation sites is 1. The minimum atomic E-state index is 0.0963. The molecular formula is C24H33N5O3. The monoisotopic (exact) mass is 439 g/mol. The van der Waals surface area contributed by atoms with Gasteiger partial charge in [0.25, 0.3) is 0 Å². The van der Waals surface area contributed by atoms with Gasteiger partial charge in [-0.25, -0.2) is 9.97 Å². The first kappa shape index (κ1) is 22.5. The summed E-state index contributed by atoms with van der Waals surface area (Å²) in [6, 6.07) is 8.21. The van der Waals surface area contributed by atoms with Crippen molar-refractivity contribution in [2.24, 2.45) is 0 Å². The number of methoxy groups -OCH3 is 1. The molecule has 1 amide bonds. The molecule has 1 saturated heterocycles. The van der Waals surface area contributed by atoms with Gasteiger partial charge in [-0.2, -0.15) is 0 Å². The molecule has 1 aliphatic heterocycles. The van der Waals surface area contributed by atoms with Gasteiger partial charge in [-0.15, -0.1) is 0 Å². The van der Waals surface area contributed by atoms with Crippen molar-refractivity contribution in [1.82, 2.24) is 19.4 Å². The van der Waals surface area contributed by atoms with Gasteiger partial charge in [0.15, 0.2) is 5.82 Å². The van der Waals surface area contributed by atoms with E-state index in [1.165, 1.54) is 0 Å². The molecule has 0 radical (unpaired) electrons. The minimum absolute atomic E-state index is 0.0963. The smallest absolute Gasteiger partial charge is 0.219 e. The molecule has 3 aromatic rings. The Morgan fingerprint density at radius 3 is 2.84 bits per heavy atom. The summed E-state index contributed by atoms with van der Waals surface area (Å²) in [4.78, 5) is 23.6. The SMILES string of the molecule is COCCc1nc2c(N)nc3ccccc3c2n1CCCCN(C(C)=O)C1CCOC1C. The van der Waals surface area contributed by atoms with Crippen molar-refractivity contribution in [2.45, 2.75) is 58.2 Å². The predicted molar refractivity (Wildman–Crippen MR) is 125 cm³/mol. The molecule has 4 rings (SSSR count). The first-order valence-electron chi connectivity index (χ1n) is 11.4. The summed E-state index contributed by atoms with van der Waals surface area (Å²) in [6.07, 6.45) is 3.54. The number of nitrogens with two attached hydrogens (primary N) is 1. The highest BCUT2D eigenvalue weighted by molar-refractivity contribution is 6.06. The summed E-state index contributed by atoms with van der Waals surface area (Å²) in [6.45, 7) is 6.55. The highest BCUT2D eigenvalue weighted by atomic mass is 16.5.